The predicted molar refractivity (Wildman–Crippen MR) is 79.0 cm³/mol. The fourth-order valence-electron chi connectivity index (χ4n) is 2.61. The molecule has 0 fully saturated rings. The number of sulfonamides is 1. The van der Waals surface area contributed by atoms with Crippen molar-refractivity contribution in [2.45, 2.75) is 32.2 Å². The van der Waals surface area contributed by atoms with Gasteiger partial charge in [-0.25, -0.2) is 13.1 Å². The monoisotopic (exact) mass is 282 g/mol. The fourth-order valence-corrected chi connectivity index (χ4v) is 3.12. The quantitative estimate of drug-likeness (QED) is 0.837. The van der Waals surface area contributed by atoms with Crippen molar-refractivity contribution in [3.63, 3.8) is 0 Å². The highest BCUT2D eigenvalue weighted by Gasteiger charge is 2.21. The Morgan fingerprint density at radius 1 is 1.37 bits per heavy atom. The summed E-state index contributed by atoms with van der Waals surface area (Å²) in [4.78, 5) is 2.39. The number of hydrogen-bond donors (Lipinski definition) is 1. The Balaban J connectivity index is 1.96. The largest absolute Gasteiger partial charge is 0.369 e. The lowest BCUT2D eigenvalue weighted by Crippen LogP contribution is -2.39. The zero-order chi connectivity index (χ0) is 13.9. The minimum absolute atomic E-state index is 0.504. The van der Waals surface area contributed by atoms with Gasteiger partial charge in [-0.05, 0) is 37.8 Å². The van der Waals surface area contributed by atoms with Crippen molar-refractivity contribution in [1.29, 1.82) is 0 Å². The summed E-state index contributed by atoms with van der Waals surface area (Å²) in [6.07, 6.45) is 4.32. The number of rotatable bonds is 5. The molecule has 19 heavy (non-hydrogen) atoms. The molecule has 1 aromatic carbocycles. The molecule has 0 aromatic heterocycles. The van der Waals surface area contributed by atoms with Crippen LogP contribution in [0.25, 0.3) is 0 Å². The van der Waals surface area contributed by atoms with Crippen molar-refractivity contribution in [1.82, 2.24) is 4.72 Å². The lowest BCUT2D eigenvalue weighted by molar-refractivity contribution is 0.546. The Morgan fingerprint density at radius 2 is 2.11 bits per heavy atom. The number of fused-ring (bicyclic) bond motifs is 1. The summed E-state index contributed by atoms with van der Waals surface area (Å²) in [7, 11) is -3.07. The molecule has 1 unspecified atom stereocenters. The zero-order valence-electron chi connectivity index (χ0n) is 11.6. The molecule has 1 aromatic rings. The number of nitrogens with zero attached hydrogens (tertiary/aromatic N) is 1. The van der Waals surface area contributed by atoms with Gasteiger partial charge in [-0.1, -0.05) is 18.2 Å². The van der Waals surface area contributed by atoms with Gasteiger partial charge in [0.05, 0.1) is 6.26 Å². The molecule has 1 aliphatic rings. The maximum atomic E-state index is 11.0. The van der Waals surface area contributed by atoms with Crippen molar-refractivity contribution in [3.05, 3.63) is 29.8 Å². The molecule has 106 valence electrons. The van der Waals surface area contributed by atoms with E-state index >= 15 is 0 Å². The van der Waals surface area contributed by atoms with E-state index in [1.54, 1.807) is 0 Å². The SMILES string of the molecule is CC1CCc2ccccc2N1CCCNS(C)(=O)=O. The molecule has 1 aliphatic heterocycles. The lowest BCUT2D eigenvalue weighted by Gasteiger charge is -2.37. The first kappa shape index (κ1) is 14.3. The summed E-state index contributed by atoms with van der Waals surface area (Å²) in [5.74, 6) is 0. The van der Waals surface area contributed by atoms with Gasteiger partial charge in [0.15, 0.2) is 0 Å². The maximum absolute atomic E-state index is 11.0. The van der Waals surface area contributed by atoms with E-state index in [4.69, 9.17) is 0 Å². The van der Waals surface area contributed by atoms with Crippen LogP contribution in [-0.2, 0) is 16.4 Å². The van der Waals surface area contributed by atoms with E-state index < -0.39 is 10.0 Å². The van der Waals surface area contributed by atoms with Gasteiger partial charge in [0, 0.05) is 24.8 Å². The highest BCUT2D eigenvalue weighted by atomic mass is 32.2. The molecule has 0 amide bonds. The van der Waals surface area contributed by atoms with E-state index in [0.29, 0.717) is 12.6 Å². The second-order valence-corrected chi connectivity index (χ2v) is 7.06. The lowest BCUT2D eigenvalue weighted by atomic mass is 9.96. The van der Waals surface area contributed by atoms with Crippen molar-refractivity contribution >= 4 is 15.7 Å². The fraction of sp³-hybridized carbons (Fsp3) is 0.571. The van der Waals surface area contributed by atoms with Gasteiger partial charge >= 0.3 is 0 Å². The molecule has 0 radical (unpaired) electrons. The van der Waals surface area contributed by atoms with Crippen LogP contribution in [0.3, 0.4) is 0 Å². The topological polar surface area (TPSA) is 49.4 Å². The zero-order valence-corrected chi connectivity index (χ0v) is 12.4. The number of benzene rings is 1. The van der Waals surface area contributed by atoms with Crippen LogP contribution in [0.2, 0.25) is 0 Å². The number of hydrogen-bond acceptors (Lipinski definition) is 3. The number of anilines is 1. The second kappa shape index (κ2) is 5.92. The summed E-state index contributed by atoms with van der Waals surface area (Å²) in [5, 5.41) is 0. The summed E-state index contributed by atoms with van der Waals surface area (Å²) in [5.41, 5.74) is 2.71. The van der Waals surface area contributed by atoms with E-state index in [2.05, 4.69) is 40.8 Å². The van der Waals surface area contributed by atoms with E-state index in [-0.39, 0.29) is 0 Å². The summed E-state index contributed by atoms with van der Waals surface area (Å²) >= 11 is 0. The number of nitrogens with one attached hydrogen (secondary N) is 1. The predicted octanol–water partition coefficient (Wildman–Crippen LogP) is 1.77. The Hall–Kier alpha value is -1.07. The molecule has 1 atom stereocenters. The Morgan fingerprint density at radius 3 is 2.84 bits per heavy atom. The van der Waals surface area contributed by atoms with Gasteiger partial charge in [-0.3, -0.25) is 0 Å². The van der Waals surface area contributed by atoms with Crippen LogP contribution in [0, 0.1) is 0 Å². The molecule has 4 nitrogen and oxygen atoms in total. The van der Waals surface area contributed by atoms with Gasteiger partial charge in [-0.15, -0.1) is 0 Å². The molecule has 5 heteroatoms. The molecule has 1 heterocycles. The van der Waals surface area contributed by atoms with E-state index in [0.717, 1.165) is 25.8 Å². The summed E-state index contributed by atoms with van der Waals surface area (Å²) in [6, 6.07) is 9.02. The molecule has 0 aliphatic carbocycles. The molecule has 0 bridgehead atoms. The van der Waals surface area contributed by atoms with Crippen LogP contribution in [0.5, 0.6) is 0 Å². The third-order valence-corrected chi connectivity index (χ3v) is 4.33. The average Bonchev–Trinajstić information content (AvgIpc) is 2.35. The minimum atomic E-state index is -3.07. The molecule has 2 rings (SSSR count). The molecule has 0 spiro atoms. The standard InChI is InChI=1S/C14H22N2O2S/c1-12-8-9-13-6-3-4-7-14(13)16(12)11-5-10-15-19(2,17)18/h3-4,6-7,12,15H,5,8-11H2,1-2H3. The summed E-state index contributed by atoms with van der Waals surface area (Å²) < 4.78 is 24.6. The first-order valence-corrected chi connectivity index (χ1v) is 8.66. The van der Waals surface area contributed by atoms with Crippen molar-refractivity contribution < 1.29 is 8.42 Å². The smallest absolute Gasteiger partial charge is 0.208 e. The highest BCUT2D eigenvalue weighted by molar-refractivity contribution is 7.88. The van der Waals surface area contributed by atoms with Crippen LogP contribution in [0.1, 0.15) is 25.3 Å². The van der Waals surface area contributed by atoms with E-state index in [1.807, 2.05) is 0 Å². The number of aryl methyl sites for hydroxylation is 1. The van der Waals surface area contributed by atoms with Crippen LogP contribution in [0.15, 0.2) is 24.3 Å². The molecular formula is C14H22N2O2S. The third-order valence-electron chi connectivity index (χ3n) is 3.60. The molecule has 0 saturated carbocycles. The average molecular weight is 282 g/mol. The Kier molecular flexibility index (Phi) is 4.47. The first-order chi connectivity index (χ1) is 8.97. The Bertz CT molecular complexity index is 528. The van der Waals surface area contributed by atoms with Crippen molar-refractivity contribution in [2.24, 2.45) is 0 Å². The van der Waals surface area contributed by atoms with E-state index in [9.17, 15) is 8.42 Å². The van der Waals surface area contributed by atoms with Gasteiger partial charge in [0.25, 0.3) is 0 Å². The summed E-state index contributed by atoms with van der Waals surface area (Å²) in [6.45, 7) is 3.63. The number of para-hydroxylation sites is 1. The van der Waals surface area contributed by atoms with Gasteiger partial charge in [0.2, 0.25) is 10.0 Å². The molecular weight excluding hydrogens is 260 g/mol. The maximum Gasteiger partial charge on any atom is 0.208 e. The van der Waals surface area contributed by atoms with Crippen LogP contribution in [-0.4, -0.2) is 33.8 Å². The van der Waals surface area contributed by atoms with Crippen molar-refractivity contribution in [2.75, 3.05) is 24.2 Å². The van der Waals surface area contributed by atoms with Crippen molar-refractivity contribution in [3.8, 4) is 0 Å². The normalized spacial score (nSPS) is 19.3. The van der Waals surface area contributed by atoms with Crippen LogP contribution in [0.4, 0.5) is 5.69 Å². The van der Waals surface area contributed by atoms with Gasteiger partial charge < -0.3 is 4.90 Å². The second-order valence-electron chi connectivity index (χ2n) is 5.23. The van der Waals surface area contributed by atoms with Gasteiger partial charge in [0.1, 0.15) is 0 Å². The van der Waals surface area contributed by atoms with E-state index in [1.165, 1.54) is 17.5 Å². The highest BCUT2D eigenvalue weighted by Crippen LogP contribution is 2.30. The first-order valence-electron chi connectivity index (χ1n) is 6.76. The van der Waals surface area contributed by atoms with Crippen LogP contribution < -0.4 is 9.62 Å². The van der Waals surface area contributed by atoms with Gasteiger partial charge in [-0.2, -0.15) is 0 Å². The third kappa shape index (κ3) is 3.94. The Labute approximate surface area is 115 Å². The minimum Gasteiger partial charge on any atom is -0.369 e. The molecule has 1 N–H and O–H groups in total. The molecule has 0 saturated heterocycles. The van der Waals surface area contributed by atoms with Crippen LogP contribution >= 0.6 is 0 Å².